The minimum Gasteiger partial charge on any atom is -0.507 e. The van der Waals surface area contributed by atoms with Crippen molar-refractivity contribution in [3.8, 4) is 11.5 Å². The Morgan fingerprint density at radius 2 is 1.67 bits per heavy atom. The maximum absolute atomic E-state index is 10.2. The Bertz CT molecular complexity index is 532. The zero-order chi connectivity index (χ0) is 13.0. The third-order valence-electron chi connectivity index (χ3n) is 3.37. The van der Waals surface area contributed by atoms with Crippen molar-refractivity contribution in [3.05, 3.63) is 35.9 Å². The number of benzene rings is 2. The topological polar surface area (TPSA) is 40.5 Å². The van der Waals surface area contributed by atoms with Crippen LogP contribution >= 0.6 is 0 Å². The van der Waals surface area contributed by atoms with E-state index in [2.05, 4.69) is 6.92 Å². The zero-order valence-corrected chi connectivity index (χ0v) is 10.8. The van der Waals surface area contributed by atoms with Crippen LogP contribution in [0.1, 0.15) is 38.2 Å². The molecule has 0 heterocycles. The van der Waals surface area contributed by atoms with Gasteiger partial charge >= 0.3 is 0 Å². The Morgan fingerprint density at radius 1 is 0.944 bits per heavy atom. The molecule has 0 atom stereocenters. The third kappa shape index (κ3) is 2.58. The molecule has 0 aliphatic carbocycles. The summed E-state index contributed by atoms with van der Waals surface area (Å²) < 4.78 is 0. The maximum Gasteiger partial charge on any atom is 0.126 e. The zero-order valence-electron chi connectivity index (χ0n) is 10.8. The van der Waals surface area contributed by atoms with Gasteiger partial charge in [-0.05, 0) is 24.5 Å². The van der Waals surface area contributed by atoms with E-state index in [1.165, 1.54) is 19.3 Å². The predicted molar refractivity (Wildman–Crippen MR) is 75.1 cm³/mol. The maximum atomic E-state index is 10.2. The summed E-state index contributed by atoms with van der Waals surface area (Å²) in [5.41, 5.74) is 0.849. The molecule has 2 aromatic rings. The van der Waals surface area contributed by atoms with Crippen molar-refractivity contribution in [2.45, 2.75) is 39.0 Å². The molecular formula is C16H20O2. The molecule has 0 fully saturated rings. The van der Waals surface area contributed by atoms with Crippen LogP contribution in [0.15, 0.2) is 30.3 Å². The van der Waals surface area contributed by atoms with Crippen LogP contribution in [0, 0.1) is 0 Å². The van der Waals surface area contributed by atoms with Gasteiger partial charge in [0, 0.05) is 10.8 Å². The number of rotatable bonds is 5. The van der Waals surface area contributed by atoms with Crippen molar-refractivity contribution in [3.63, 3.8) is 0 Å². The summed E-state index contributed by atoms with van der Waals surface area (Å²) in [5, 5.41) is 21.6. The van der Waals surface area contributed by atoms with Crippen molar-refractivity contribution in [1.82, 2.24) is 0 Å². The van der Waals surface area contributed by atoms with Gasteiger partial charge in [0.15, 0.2) is 0 Å². The van der Waals surface area contributed by atoms with Crippen LogP contribution in [-0.4, -0.2) is 10.2 Å². The second kappa shape index (κ2) is 5.76. The van der Waals surface area contributed by atoms with Crippen LogP contribution in [0.3, 0.4) is 0 Å². The molecule has 0 radical (unpaired) electrons. The smallest absolute Gasteiger partial charge is 0.126 e. The Kier molecular flexibility index (Phi) is 4.08. The van der Waals surface area contributed by atoms with Crippen LogP contribution in [0.25, 0.3) is 10.8 Å². The number of aryl methyl sites for hydroxylation is 1. The number of phenols is 2. The number of fused-ring (bicyclic) bond motifs is 1. The first kappa shape index (κ1) is 12.7. The van der Waals surface area contributed by atoms with Gasteiger partial charge < -0.3 is 10.2 Å². The highest BCUT2D eigenvalue weighted by Gasteiger charge is 2.09. The van der Waals surface area contributed by atoms with Crippen LogP contribution in [0.2, 0.25) is 0 Å². The Hall–Kier alpha value is -1.70. The van der Waals surface area contributed by atoms with Gasteiger partial charge in [0.25, 0.3) is 0 Å². The van der Waals surface area contributed by atoms with Crippen molar-refractivity contribution in [1.29, 1.82) is 0 Å². The fourth-order valence-corrected chi connectivity index (χ4v) is 2.33. The molecule has 0 aliphatic heterocycles. The molecule has 0 aliphatic rings. The molecule has 18 heavy (non-hydrogen) atoms. The second-order valence-corrected chi connectivity index (χ2v) is 4.76. The van der Waals surface area contributed by atoms with Crippen LogP contribution < -0.4 is 0 Å². The van der Waals surface area contributed by atoms with E-state index < -0.39 is 0 Å². The first-order chi connectivity index (χ1) is 8.74. The molecule has 2 rings (SSSR count). The van der Waals surface area contributed by atoms with Gasteiger partial charge in [-0.1, -0.05) is 50.5 Å². The van der Waals surface area contributed by atoms with Gasteiger partial charge in [0.1, 0.15) is 11.5 Å². The molecule has 2 aromatic carbocycles. The average Bonchev–Trinajstić information content (AvgIpc) is 2.40. The monoisotopic (exact) mass is 244 g/mol. The quantitative estimate of drug-likeness (QED) is 0.605. The Labute approximate surface area is 108 Å². The number of hydrogen-bond donors (Lipinski definition) is 2. The molecular weight excluding hydrogens is 224 g/mol. The lowest BCUT2D eigenvalue weighted by Crippen LogP contribution is -1.89. The summed E-state index contributed by atoms with van der Waals surface area (Å²) in [5.74, 6) is 0.578. The van der Waals surface area contributed by atoms with E-state index in [1.807, 2.05) is 24.3 Å². The molecule has 0 saturated heterocycles. The van der Waals surface area contributed by atoms with Gasteiger partial charge in [-0.15, -0.1) is 0 Å². The highest BCUT2D eigenvalue weighted by molar-refractivity contribution is 5.93. The minimum absolute atomic E-state index is 0.258. The lowest BCUT2D eigenvalue weighted by molar-refractivity contribution is 0.462. The fraction of sp³-hybridized carbons (Fsp3) is 0.375. The van der Waals surface area contributed by atoms with E-state index in [4.69, 9.17) is 0 Å². The first-order valence-electron chi connectivity index (χ1n) is 6.66. The van der Waals surface area contributed by atoms with Gasteiger partial charge in [-0.3, -0.25) is 0 Å². The molecule has 0 unspecified atom stereocenters. The molecule has 0 amide bonds. The van der Waals surface area contributed by atoms with E-state index in [0.29, 0.717) is 11.1 Å². The number of phenolic OH excluding ortho intramolecular Hbond substituents is 2. The molecule has 2 nitrogen and oxygen atoms in total. The average molecular weight is 244 g/mol. The second-order valence-electron chi connectivity index (χ2n) is 4.76. The van der Waals surface area contributed by atoms with E-state index in [9.17, 15) is 10.2 Å². The Morgan fingerprint density at radius 3 is 2.39 bits per heavy atom. The molecule has 2 heteroatoms. The van der Waals surface area contributed by atoms with Crippen LogP contribution in [-0.2, 0) is 6.42 Å². The third-order valence-corrected chi connectivity index (χ3v) is 3.37. The number of unbranched alkanes of at least 4 members (excludes halogenated alkanes) is 3. The summed E-state index contributed by atoms with van der Waals surface area (Å²) in [7, 11) is 0. The van der Waals surface area contributed by atoms with Crippen LogP contribution in [0.5, 0.6) is 11.5 Å². The predicted octanol–water partition coefficient (Wildman–Crippen LogP) is 4.37. The Balaban J connectivity index is 2.26. The standard InChI is InChI=1S/C16H20O2/c1-2-3-4-5-8-12-11-15(17)13-9-6-7-10-14(13)16(12)18/h6-7,9-11,17-18H,2-5,8H2,1H3. The van der Waals surface area contributed by atoms with Crippen molar-refractivity contribution >= 4 is 10.8 Å². The van der Waals surface area contributed by atoms with Crippen molar-refractivity contribution in [2.75, 3.05) is 0 Å². The van der Waals surface area contributed by atoms with Gasteiger partial charge in [0.2, 0.25) is 0 Å². The summed E-state index contributed by atoms with van der Waals surface area (Å²) in [4.78, 5) is 0. The largest absolute Gasteiger partial charge is 0.507 e. The van der Waals surface area contributed by atoms with E-state index >= 15 is 0 Å². The normalized spacial score (nSPS) is 10.9. The van der Waals surface area contributed by atoms with Crippen LogP contribution in [0.4, 0.5) is 0 Å². The van der Waals surface area contributed by atoms with Gasteiger partial charge in [0.05, 0.1) is 0 Å². The van der Waals surface area contributed by atoms with Crippen molar-refractivity contribution in [2.24, 2.45) is 0 Å². The van der Waals surface area contributed by atoms with E-state index in [-0.39, 0.29) is 5.75 Å². The molecule has 96 valence electrons. The summed E-state index contributed by atoms with van der Waals surface area (Å²) in [6, 6.07) is 9.11. The number of hydrogen-bond acceptors (Lipinski definition) is 2. The fourth-order valence-electron chi connectivity index (χ4n) is 2.33. The van der Waals surface area contributed by atoms with Gasteiger partial charge in [-0.2, -0.15) is 0 Å². The number of aromatic hydroxyl groups is 2. The lowest BCUT2D eigenvalue weighted by Gasteiger charge is -2.09. The summed E-state index contributed by atoms with van der Waals surface area (Å²) in [6.07, 6.45) is 5.47. The minimum atomic E-state index is 0.258. The highest BCUT2D eigenvalue weighted by atomic mass is 16.3. The van der Waals surface area contributed by atoms with E-state index in [0.717, 1.165) is 23.8 Å². The molecule has 0 bridgehead atoms. The molecule has 0 saturated carbocycles. The molecule has 0 spiro atoms. The summed E-state index contributed by atoms with van der Waals surface area (Å²) >= 11 is 0. The lowest BCUT2D eigenvalue weighted by atomic mass is 10.00. The molecule has 0 aromatic heterocycles. The molecule has 2 N–H and O–H groups in total. The SMILES string of the molecule is CCCCCCc1cc(O)c2ccccc2c1O. The van der Waals surface area contributed by atoms with Gasteiger partial charge in [-0.25, -0.2) is 0 Å². The van der Waals surface area contributed by atoms with E-state index in [1.54, 1.807) is 6.07 Å². The first-order valence-corrected chi connectivity index (χ1v) is 6.66. The van der Waals surface area contributed by atoms with Crippen molar-refractivity contribution < 1.29 is 10.2 Å². The summed E-state index contributed by atoms with van der Waals surface area (Å²) in [6.45, 7) is 2.18. The highest BCUT2D eigenvalue weighted by Crippen LogP contribution is 2.35.